The van der Waals surface area contributed by atoms with Gasteiger partial charge in [0.25, 0.3) is 5.91 Å². The minimum Gasteiger partial charge on any atom is -0.507 e. The minimum absolute atomic E-state index is 0.0775. The van der Waals surface area contributed by atoms with E-state index in [-0.39, 0.29) is 17.8 Å². The summed E-state index contributed by atoms with van der Waals surface area (Å²) < 4.78 is 5.69. The Morgan fingerprint density at radius 2 is 1.82 bits per heavy atom. The van der Waals surface area contributed by atoms with Gasteiger partial charge in [0.15, 0.2) is 0 Å². The number of rotatable bonds is 2. The lowest BCUT2D eigenvalue weighted by atomic mass is 10.2. The van der Waals surface area contributed by atoms with Gasteiger partial charge in [-0.2, -0.15) is 0 Å². The van der Waals surface area contributed by atoms with Crippen molar-refractivity contribution in [2.24, 2.45) is 0 Å². The van der Waals surface area contributed by atoms with Crippen molar-refractivity contribution in [1.82, 2.24) is 5.06 Å². The second kappa shape index (κ2) is 6.17. The van der Waals surface area contributed by atoms with Crippen LogP contribution < -0.4 is 0 Å². The first kappa shape index (κ1) is 14.6. The molecule has 5 nitrogen and oxygen atoms in total. The van der Waals surface area contributed by atoms with Gasteiger partial charge in [-0.15, -0.1) is 0 Å². The topological polar surface area (TPSA) is 59.0 Å². The van der Waals surface area contributed by atoms with E-state index in [0.29, 0.717) is 17.7 Å². The summed E-state index contributed by atoms with van der Waals surface area (Å²) in [4.78, 5) is 18.1. The van der Waals surface area contributed by atoms with Crippen molar-refractivity contribution in [2.45, 2.75) is 19.3 Å². The molecule has 0 unspecified atom stereocenters. The van der Waals surface area contributed by atoms with E-state index < -0.39 is 6.29 Å². The number of nitrogens with zero attached hydrogens (tertiary/aromatic N) is 1. The first-order valence-electron chi connectivity index (χ1n) is 7.12. The van der Waals surface area contributed by atoms with Crippen LogP contribution in [0.15, 0.2) is 54.6 Å². The fourth-order valence-corrected chi connectivity index (χ4v) is 2.34. The third-order valence-electron chi connectivity index (χ3n) is 3.44. The Morgan fingerprint density at radius 3 is 2.55 bits per heavy atom. The molecule has 1 fully saturated rings. The van der Waals surface area contributed by atoms with Crippen LogP contribution >= 0.6 is 0 Å². The van der Waals surface area contributed by atoms with Gasteiger partial charge < -0.3 is 9.84 Å². The molecule has 1 aliphatic rings. The molecule has 0 spiro atoms. The fraction of sp³-hybridized carbons (Fsp3) is 0.235. The molecular weight excluding hydrogens is 282 g/mol. The summed E-state index contributed by atoms with van der Waals surface area (Å²) in [5, 5.41) is 11.2. The van der Waals surface area contributed by atoms with Gasteiger partial charge in [-0.3, -0.25) is 4.79 Å². The highest BCUT2D eigenvalue weighted by Gasteiger charge is 2.32. The molecule has 22 heavy (non-hydrogen) atoms. The summed E-state index contributed by atoms with van der Waals surface area (Å²) in [6.45, 7) is 2.19. The van der Waals surface area contributed by atoms with Crippen molar-refractivity contribution in [3.63, 3.8) is 0 Å². The third kappa shape index (κ3) is 2.95. The molecule has 3 rings (SSSR count). The van der Waals surface area contributed by atoms with Gasteiger partial charge in [-0.1, -0.05) is 36.4 Å². The Morgan fingerprint density at radius 1 is 1.14 bits per heavy atom. The van der Waals surface area contributed by atoms with Crippen LogP contribution in [0, 0.1) is 0 Å². The Kier molecular flexibility index (Phi) is 4.09. The zero-order valence-electron chi connectivity index (χ0n) is 12.2. The van der Waals surface area contributed by atoms with Gasteiger partial charge in [0, 0.05) is 5.56 Å². The molecule has 1 saturated heterocycles. The Hall–Kier alpha value is -2.37. The summed E-state index contributed by atoms with van der Waals surface area (Å²) in [7, 11) is 0. The standard InChI is InChI=1S/C17H17NO4/c1-12-11-18(16(20)13-7-3-2-4-8-13)22-17(21-12)14-9-5-6-10-15(14)19/h2-10,12,17,19H,11H2,1H3/t12-,17+/m1/s1. The summed E-state index contributed by atoms with van der Waals surface area (Å²) in [5.74, 6) is -0.148. The van der Waals surface area contributed by atoms with Crippen LogP contribution in [0.4, 0.5) is 0 Å². The number of aromatic hydroxyl groups is 1. The number of benzene rings is 2. The zero-order chi connectivity index (χ0) is 15.5. The van der Waals surface area contributed by atoms with Crippen LogP contribution in [0.2, 0.25) is 0 Å². The SMILES string of the molecule is C[C@@H]1CN(C(=O)c2ccccc2)O[C@@H](c2ccccc2O)O1. The lowest BCUT2D eigenvalue weighted by Crippen LogP contribution is -2.44. The molecule has 2 aromatic carbocycles. The maximum absolute atomic E-state index is 12.5. The maximum atomic E-state index is 12.5. The van der Waals surface area contributed by atoms with Crippen LogP contribution in [-0.2, 0) is 9.57 Å². The largest absolute Gasteiger partial charge is 0.507 e. The third-order valence-corrected chi connectivity index (χ3v) is 3.44. The lowest BCUT2D eigenvalue weighted by Gasteiger charge is -2.36. The monoisotopic (exact) mass is 299 g/mol. The first-order chi connectivity index (χ1) is 10.6. The van der Waals surface area contributed by atoms with Crippen LogP contribution in [-0.4, -0.2) is 28.7 Å². The number of carbonyl (C=O) groups excluding carboxylic acids is 1. The van der Waals surface area contributed by atoms with Crippen LogP contribution in [0.25, 0.3) is 0 Å². The molecule has 1 heterocycles. The maximum Gasteiger partial charge on any atom is 0.277 e. The van der Waals surface area contributed by atoms with Crippen molar-refractivity contribution >= 4 is 5.91 Å². The molecule has 5 heteroatoms. The minimum atomic E-state index is -0.808. The average Bonchev–Trinajstić information content (AvgIpc) is 2.55. The molecule has 0 saturated carbocycles. The molecular formula is C17H17NO4. The molecule has 0 bridgehead atoms. The summed E-state index contributed by atoms with van der Waals surface area (Å²) in [6.07, 6.45) is -1.01. The number of amides is 1. The molecule has 2 aromatic rings. The van der Waals surface area contributed by atoms with E-state index in [1.807, 2.05) is 13.0 Å². The summed E-state index contributed by atoms with van der Waals surface area (Å²) in [5.41, 5.74) is 1.05. The van der Waals surface area contributed by atoms with Crippen molar-refractivity contribution in [3.8, 4) is 5.75 Å². The van der Waals surface area contributed by atoms with E-state index in [1.165, 1.54) is 5.06 Å². The Balaban J connectivity index is 1.82. The van der Waals surface area contributed by atoms with E-state index in [1.54, 1.807) is 48.5 Å². The molecule has 0 aliphatic carbocycles. The molecule has 114 valence electrons. The first-order valence-corrected chi connectivity index (χ1v) is 7.12. The molecule has 0 radical (unpaired) electrons. The zero-order valence-corrected chi connectivity index (χ0v) is 12.2. The highest BCUT2D eigenvalue weighted by Crippen LogP contribution is 2.32. The Bertz CT molecular complexity index is 659. The number of para-hydroxylation sites is 1. The van der Waals surface area contributed by atoms with Crippen LogP contribution in [0.1, 0.15) is 29.1 Å². The van der Waals surface area contributed by atoms with Crippen LogP contribution in [0.3, 0.4) is 0 Å². The molecule has 1 amide bonds. The number of hydroxylamine groups is 2. The fourth-order valence-electron chi connectivity index (χ4n) is 2.34. The number of phenolic OH excluding ortho intramolecular Hbond substituents is 1. The van der Waals surface area contributed by atoms with Crippen molar-refractivity contribution < 1.29 is 19.5 Å². The van der Waals surface area contributed by atoms with Gasteiger partial charge in [0.2, 0.25) is 6.29 Å². The summed E-state index contributed by atoms with van der Waals surface area (Å²) in [6, 6.07) is 15.7. The highest BCUT2D eigenvalue weighted by molar-refractivity contribution is 5.93. The van der Waals surface area contributed by atoms with E-state index in [2.05, 4.69) is 0 Å². The van der Waals surface area contributed by atoms with Gasteiger partial charge in [-0.25, -0.2) is 9.90 Å². The van der Waals surface area contributed by atoms with E-state index >= 15 is 0 Å². The van der Waals surface area contributed by atoms with Crippen molar-refractivity contribution in [2.75, 3.05) is 6.54 Å². The van der Waals surface area contributed by atoms with Gasteiger partial charge in [-0.05, 0) is 25.1 Å². The Labute approximate surface area is 128 Å². The molecule has 0 aromatic heterocycles. The molecule has 1 aliphatic heterocycles. The normalized spacial score (nSPS) is 21.6. The number of carbonyl (C=O) groups is 1. The average molecular weight is 299 g/mol. The predicted octanol–water partition coefficient (Wildman–Crippen LogP) is 2.88. The second-order valence-corrected chi connectivity index (χ2v) is 5.18. The van der Waals surface area contributed by atoms with Gasteiger partial charge in [0.1, 0.15) is 5.75 Å². The number of hydrogen-bond acceptors (Lipinski definition) is 4. The van der Waals surface area contributed by atoms with E-state index in [4.69, 9.17) is 9.57 Å². The quantitative estimate of drug-likeness (QED) is 0.926. The molecule has 1 N–H and O–H groups in total. The lowest BCUT2D eigenvalue weighted by molar-refractivity contribution is -0.320. The highest BCUT2D eigenvalue weighted by atomic mass is 16.8. The van der Waals surface area contributed by atoms with Gasteiger partial charge in [0.05, 0.1) is 18.2 Å². The van der Waals surface area contributed by atoms with E-state index in [9.17, 15) is 9.90 Å². The predicted molar refractivity (Wildman–Crippen MR) is 80.0 cm³/mol. The molecule has 2 atom stereocenters. The second-order valence-electron chi connectivity index (χ2n) is 5.18. The van der Waals surface area contributed by atoms with Crippen molar-refractivity contribution in [3.05, 3.63) is 65.7 Å². The van der Waals surface area contributed by atoms with E-state index in [0.717, 1.165) is 0 Å². The van der Waals surface area contributed by atoms with Crippen molar-refractivity contribution in [1.29, 1.82) is 0 Å². The number of phenols is 1. The number of hydrogen-bond donors (Lipinski definition) is 1. The van der Waals surface area contributed by atoms with Gasteiger partial charge >= 0.3 is 0 Å². The van der Waals surface area contributed by atoms with Crippen LogP contribution in [0.5, 0.6) is 5.75 Å². The number of ether oxygens (including phenoxy) is 1. The smallest absolute Gasteiger partial charge is 0.277 e. The summed E-state index contributed by atoms with van der Waals surface area (Å²) >= 11 is 0.